The second-order valence-corrected chi connectivity index (χ2v) is 5.90. The molecule has 0 unspecified atom stereocenters. The normalized spacial score (nSPS) is 10.2. The summed E-state index contributed by atoms with van der Waals surface area (Å²) in [5.74, 6) is -0.800. The number of thioether (sulfide) groups is 1. The van der Waals surface area contributed by atoms with E-state index in [0.29, 0.717) is 22.9 Å². The Morgan fingerprint density at radius 2 is 1.84 bits per heavy atom. The molecule has 0 radical (unpaired) electrons. The summed E-state index contributed by atoms with van der Waals surface area (Å²) in [6.45, 7) is 2.05. The summed E-state index contributed by atoms with van der Waals surface area (Å²) in [6.07, 6.45) is 0. The average molecular weight is 363 g/mol. The summed E-state index contributed by atoms with van der Waals surface area (Å²) < 4.78 is 23.6. The molecule has 0 atom stereocenters. The molecule has 7 heteroatoms. The first kappa shape index (κ1) is 18.8. The number of carbonyl (C=O) groups is 2. The van der Waals surface area contributed by atoms with Crippen LogP contribution < -0.4 is 10.1 Å². The van der Waals surface area contributed by atoms with Gasteiger partial charge in [0.1, 0.15) is 11.6 Å². The van der Waals surface area contributed by atoms with Gasteiger partial charge >= 0.3 is 5.97 Å². The highest BCUT2D eigenvalue weighted by atomic mass is 32.2. The Hall–Kier alpha value is -2.54. The molecule has 132 valence electrons. The zero-order chi connectivity index (χ0) is 18.1. The van der Waals surface area contributed by atoms with Crippen molar-refractivity contribution in [3.05, 3.63) is 54.3 Å². The Kier molecular flexibility index (Phi) is 7.28. The van der Waals surface area contributed by atoms with E-state index in [0.717, 1.165) is 11.8 Å². The molecule has 5 nitrogen and oxygen atoms in total. The van der Waals surface area contributed by atoms with Crippen LogP contribution in [0.4, 0.5) is 10.1 Å². The number of hydrogen-bond donors (Lipinski definition) is 1. The van der Waals surface area contributed by atoms with Gasteiger partial charge in [0, 0.05) is 10.6 Å². The van der Waals surface area contributed by atoms with E-state index < -0.39 is 24.3 Å². The largest absolute Gasteiger partial charge is 0.494 e. The first-order valence-electron chi connectivity index (χ1n) is 7.64. The first-order chi connectivity index (χ1) is 12.1. The lowest BCUT2D eigenvalue weighted by molar-refractivity contribution is -0.144. The molecule has 0 fully saturated rings. The quantitative estimate of drug-likeness (QED) is 0.574. The van der Waals surface area contributed by atoms with Crippen molar-refractivity contribution in [2.24, 2.45) is 0 Å². The number of anilines is 1. The van der Waals surface area contributed by atoms with E-state index in [-0.39, 0.29) is 5.75 Å². The minimum absolute atomic E-state index is 0.0722. The molecule has 0 aliphatic heterocycles. The molecule has 0 heterocycles. The molecule has 2 rings (SSSR count). The van der Waals surface area contributed by atoms with Crippen molar-refractivity contribution >= 4 is 29.3 Å². The van der Waals surface area contributed by atoms with Gasteiger partial charge in [-0.1, -0.05) is 12.1 Å². The molecule has 25 heavy (non-hydrogen) atoms. The summed E-state index contributed by atoms with van der Waals surface area (Å²) in [6, 6.07) is 13.0. The van der Waals surface area contributed by atoms with Crippen molar-refractivity contribution in [2.75, 3.05) is 24.3 Å². The minimum Gasteiger partial charge on any atom is -0.494 e. The SMILES string of the molecule is CCOc1ccc(NC(=O)COC(=O)CSc2ccccc2F)cc1. The Labute approximate surface area is 149 Å². The molecule has 2 aromatic carbocycles. The molecule has 0 bridgehead atoms. The predicted molar refractivity (Wildman–Crippen MR) is 94.3 cm³/mol. The van der Waals surface area contributed by atoms with Crippen LogP contribution in [0.1, 0.15) is 6.92 Å². The van der Waals surface area contributed by atoms with E-state index in [1.807, 2.05) is 6.92 Å². The first-order valence-corrected chi connectivity index (χ1v) is 8.62. The van der Waals surface area contributed by atoms with Crippen LogP contribution in [0.25, 0.3) is 0 Å². The summed E-state index contributed by atoms with van der Waals surface area (Å²) in [7, 11) is 0. The van der Waals surface area contributed by atoms with Gasteiger partial charge in [-0.15, -0.1) is 11.8 Å². The third kappa shape index (κ3) is 6.46. The fourth-order valence-corrected chi connectivity index (χ4v) is 2.62. The average Bonchev–Trinajstić information content (AvgIpc) is 2.61. The number of amides is 1. The fourth-order valence-electron chi connectivity index (χ4n) is 1.88. The van der Waals surface area contributed by atoms with Crippen LogP contribution in [-0.2, 0) is 14.3 Å². The highest BCUT2D eigenvalue weighted by Gasteiger charge is 2.10. The van der Waals surface area contributed by atoms with Gasteiger partial charge in [0.15, 0.2) is 6.61 Å². The number of rotatable bonds is 8. The fraction of sp³-hybridized carbons (Fsp3) is 0.222. The van der Waals surface area contributed by atoms with Crippen LogP contribution in [-0.4, -0.2) is 30.8 Å². The lowest BCUT2D eigenvalue weighted by Gasteiger charge is -2.08. The standard InChI is InChI=1S/C18H18FNO4S/c1-2-23-14-9-7-13(8-10-14)20-17(21)11-24-18(22)12-25-16-6-4-3-5-15(16)19/h3-10H,2,11-12H2,1H3,(H,20,21). The van der Waals surface area contributed by atoms with Gasteiger partial charge in [-0.2, -0.15) is 0 Å². The van der Waals surface area contributed by atoms with E-state index in [1.54, 1.807) is 42.5 Å². The lowest BCUT2D eigenvalue weighted by atomic mass is 10.3. The van der Waals surface area contributed by atoms with Crippen molar-refractivity contribution in [2.45, 2.75) is 11.8 Å². The van der Waals surface area contributed by atoms with Crippen LogP contribution in [0.3, 0.4) is 0 Å². The third-order valence-corrected chi connectivity index (χ3v) is 4.02. The molecule has 0 aliphatic carbocycles. The van der Waals surface area contributed by atoms with Crippen molar-refractivity contribution in [1.82, 2.24) is 0 Å². The summed E-state index contributed by atoms with van der Waals surface area (Å²) in [5.41, 5.74) is 0.574. The highest BCUT2D eigenvalue weighted by molar-refractivity contribution is 8.00. The summed E-state index contributed by atoms with van der Waals surface area (Å²) in [5, 5.41) is 2.61. The zero-order valence-electron chi connectivity index (χ0n) is 13.7. The maximum atomic E-state index is 13.4. The second kappa shape index (κ2) is 9.68. The Morgan fingerprint density at radius 3 is 2.52 bits per heavy atom. The smallest absolute Gasteiger partial charge is 0.316 e. The number of benzene rings is 2. The lowest BCUT2D eigenvalue weighted by Crippen LogP contribution is -2.21. The predicted octanol–water partition coefficient (Wildman–Crippen LogP) is 3.50. The van der Waals surface area contributed by atoms with E-state index in [1.165, 1.54) is 6.07 Å². The molecular formula is C18H18FNO4S. The summed E-state index contributed by atoms with van der Waals surface area (Å²) in [4.78, 5) is 23.8. The van der Waals surface area contributed by atoms with Crippen molar-refractivity contribution in [3.63, 3.8) is 0 Å². The van der Waals surface area contributed by atoms with Gasteiger partial charge in [0.05, 0.1) is 12.4 Å². The van der Waals surface area contributed by atoms with Crippen molar-refractivity contribution in [3.8, 4) is 5.75 Å². The Balaban J connectivity index is 1.72. The number of hydrogen-bond acceptors (Lipinski definition) is 5. The van der Waals surface area contributed by atoms with Crippen LogP contribution in [0.5, 0.6) is 5.75 Å². The van der Waals surface area contributed by atoms with E-state index >= 15 is 0 Å². The van der Waals surface area contributed by atoms with Gasteiger partial charge in [-0.05, 0) is 43.3 Å². The Morgan fingerprint density at radius 1 is 1.12 bits per heavy atom. The maximum Gasteiger partial charge on any atom is 0.316 e. The van der Waals surface area contributed by atoms with Gasteiger partial charge < -0.3 is 14.8 Å². The number of halogens is 1. The number of esters is 1. The van der Waals surface area contributed by atoms with Gasteiger partial charge in [0.2, 0.25) is 0 Å². The number of nitrogens with one attached hydrogen (secondary N) is 1. The van der Waals surface area contributed by atoms with Crippen LogP contribution in [0, 0.1) is 5.82 Å². The number of carbonyl (C=O) groups excluding carboxylic acids is 2. The Bertz CT molecular complexity index is 721. The molecule has 2 aromatic rings. The van der Waals surface area contributed by atoms with Crippen molar-refractivity contribution < 1.29 is 23.5 Å². The topological polar surface area (TPSA) is 64.6 Å². The van der Waals surface area contributed by atoms with E-state index in [9.17, 15) is 14.0 Å². The molecule has 1 N–H and O–H groups in total. The molecule has 1 amide bonds. The van der Waals surface area contributed by atoms with Gasteiger partial charge in [0.25, 0.3) is 5.91 Å². The van der Waals surface area contributed by atoms with E-state index in [2.05, 4.69) is 5.32 Å². The van der Waals surface area contributed by atoms with Gasteiger partial charge in [-0.3, -0.25) is 9.59 Å². The van der Waals surface area contributed by atoms with Crippen LogP contribution >= 0.6 is 11.8 Å². The molecule has 0 spiro atoms. The zero-order valence-corrected chi connectivity index (χ0v) is 14.5. The molecule has 0 aliphatic rings. The minimum atomic E-state index is -0.588. The third-order valence-electron chi connectivity index (χ3n) is 3.00. The monoisotopic (exact) mass is 363 g/mol. The molecule has 0 aromatic heterocycles. The maximum absolute atomic E-state index is 13.4. The number of ether oxygens (including phenoxy) is 2. The van der Waals surface area contributed by atoms with Crippen LogP contribution in [0.2, 0.25) is 0 Å². The molecular weight excluding hydrogens is 345 g/mol. The summed E-state index contributed by atoms with van der Waals surface area (Å²) >= 11 is 1.02. The molecule has 0 saturated carbocycles. The van der Waals surface area contributed by atoms with Crippen molar-refractivity contribution in [1.29, 1.82) is 0 Å². The van der Waals surface area contributed by atoms with E-state index in [4.69, 9.17) is 9.47 Å². The second-order valence-electron chi connectivity index (χ2n) is 4.89. The highest BCUT2D eigenvalue weighted by Crippen LogP contribution is 2.21. The van der Waals surface area contributed by atoms with Crippen LogP contribution in [0.15, 0.2) is 53.4 Å². The van der Waals surface area contributed by atoms with Gasteiger partial charge in [-0.25, -0.2) is 4.39 Å². The molecule has 0 saturated heterocycles.